The van der Waals surface area contributed by atoms with Crippen LogP contribution in [0.15, 0.2) is 41.7 Å². The second-order valence-corrected chi connectivity index (χ2v) is 17.6. The molecule has 0 radical (unpaired) electrons. The van der Waals surface area contributed by atoms with Crippen LogP contribution in [0.3, 0.4) is 0 Å². The highest BCUT2D eigenvalue weighted by Gasteiger charge is 2.35. The standard InChI is InChI=1S/C39H54Cl2N8O9S/c1-6-23(5)33(48-36(53)29(15-22(3)4)46-37(54)31-20-42-13-14-43-31)38(55)47-30(16-24-11-9-8-10-12-24)35(52)45-28(7-2)34(51)39(56)44-21-32(50)49-59(57,58)27-18-25(40)17-26(41)19-27/h13-14,17-20,22-24,28-30,33H,6-12,15-16,21H2,1-5H3,(H,44,56)(H,45,52)(H,46,54)(H,47,55)(H,48,53)(H,49,50)/t23-,28-,29-,30-,33-/m0/s1. The number of hydrogen-bond donors (Lipinski definition) is 6. The summed E-state index contributed by atoms with van der Waals surface area (Å²) in [6.45, 7) is 8.02. The van der Waals surface area contributed by atoms with E-state index in [1.54, 1.807) is 18.6 Å². The normalized spacial score (nSPS) is 15.7. The van der Waals surface area contributed by atoms with Crippen molar-refractivity contribution in [2.24, 2.45) is 17.8 Å². The number of ketones is 1. The average molecular weight is 882 g/mol. The van der Waals surface area contributed by atoms with Crippen LogP contribution in [0.2, 0.25) is 10.0 Å². The van der Waals surface area contributed by atoms with E-state index in [0.29, 0.717) is 6.42 Å². The van der Waals surface area contributed by atoms with Crippen molar-refractivity contribution in [2.75, 3.05) is 6.54 Å². The largest absolute Gasteiger partial charge is 0.344 e. The van der Waals surface area contributed by atoms with Crippen molar-refractivity contribution in [3.05, 3.63) is 52.5 Å². The minimum absolute atomic E-state index is 0.00705. The molecule has 17 nitrogen and oxygen atoms in total. The van der Waals surface area contributed by atoms with Gasteiger partial charge < -0.3 is 26.6 Å². The molecule has 20 heteroatoms. The summed E-state index contributed by atoms with van der Waals surface area (Å²) in [5.41, 5.74) is 0.0140. The Kier molecular flexibility index (Phi) is 19.1. The number of rotatable bonds is 21. The number of carbonyl (C=O) groups is 7. The number of carbonyl (C=O) groups excluding carboxylic acids is 7. The first-order chi connectivity index (χ1) is 27.8. The molecule has 1 aromatic carbocycles. The molecule has 1 heterocycles. The Labute approximate surface area is 354 Å². The SMILES string of the molecule is CC[C@H](NC(=O)[C@H](CC1CCCCC1)NC(=O)[C@@H](NC(=O)[C@H](CC(C)C)NC(=O)c1cnccn1)[C@@H](C)CC)C(=O)C(=O)NCC(=O)NS(=O)(=O)c1cc(Cl)cc(Cl)c1. The van der Waals surface area contributed by atoms with Gasteiger partial charge in [-0.15, -0.1) is 0 Å². The first kappa shape index (κ1) is 48.7. The molecule has 1 saturated carbocycles. The summed E-state index contributed by atoms with van der Waals surface area (Å²) in [5, 5.41) is 12.9. The van der Waals surface area contributed by atoms with Gasteiger partial charge in [0.15, 0.2) is 0 Å². The van der Waals surface area contributed by atoms with Crippen LogP contribution in [0, 0.1) is 17.8 Å². The summed E-state index contributed by atoms with van der Waals surface area (Å²) in [5.74, 6) is -6.48. The zero-order valence-corrected chi connectivity index (χ0v) is 36.1. The van der Waals surface area contributed by atoms with E-state index < -0.39 is 92.8 Å². The van der Waals surface area contributed by atoms with E-state index in [1.807, 2.05) is 20.8 Å². The van der Waals surface area contributed by atoms with Gasteiger partial charge in [-0.25, -0.2) is 18.1 Å². The van der Waals surface area contributed by atoms with Crippen molar-refractivity contribution >= 4 is 74.5 Å². The average Bonchev–Trinajstić information content (AvgIpc) is 3.19. The van der Waals surface area contributed by atoms with Crippen molar-refractivity contribution < 1.29 is 42.0 Å². The van der Waals surface area contributed by atoms with Crippen LogP contribution in [0.4, 0.5) is 0 Å². The van der Waals surface area contributed by atoms with Gasteiger partial charge in [-0.1, -0.05) is 96.3 Å². The Morgan fingerprint density at radius 1 is 0.780 bits per heavy atom. The van der Waals surface area contributed by atoms with E-state index in [-0.39, 0.29) is 46.8 Å². The summed E-state index contributed by atoms with van der Waals surface area (Å²) in [7, 11) is -4.43. The zero-order valence-electron chi connectivity index (χ0n) is 33.8. The van der Waals surface area contributed by atoms with Gasteiger partial charge in [-0.2, -0.15) is 0 Å². The van der Waals surface area contributed by atoms with Crippen LogP contribution < -0.4 is 31.3 Å². The number of Topliss-reactive ketones (excluding diaryl/α,β-unsaturated/α-hetero) is 1. The highest BCUT2D eigenvalue weighted by Crippen LogP contribution is 2.28. The van der Waals surface area contributed by atoms with Crippen LogP contribution in [-0.4, -0.2) is 90.3 Å². The van der Waals surface area contributed by atoms with Crippen LogP contribution >= 0.6 is 23.2 Å². The highest BCUT2D eigenvalue weighted by atomic mass is 35.5. The lowest BCUT2D eigenvalue weighted by Crippen LogP contribution is -2.60. The Morgan fingerprint density at radius 2 is 1.41 bits per heavy atom. The molecule has 0 saturated heterocycles. The van der Waals surface area contributed by atoms with Gasteiger partial charge in [0, 0.05) is 22.4 Å². The third kappa shape index (κ3) is 15.5. The smallest absolute Gasteiger partial charge is 0.290 e. The zero-order chi connectivity index (χ0) is 43.9. The van der Waals surface area contributed by atoms with E-state index in [1.165, 1.54) is 24.7 Å². The van der Waals surface area contributed by atoms with Gasteiger partial charge in [0.05, 0.1) is 23.7 Å². The first-order valence-electron chi connectivity index (χ1n) is 19.7. The van der Waals surface area contributed by atoms with Crippen LogP contribution in [0.1, 0.15) is 103 Å². The molecule has 1 fully saturated rings. The van der Waals surface area contributed by atoms with Gasteiger partial charge in [-0.3, -0.25) is 38.5 Å². The number of hydrogen-bond acceptors (Lipinski definition) is 11. The molecule has 6 amide bonds. The summed E-state index contributed by atoms with van der Waals surface area (Å²) in [6, 6.07) is -1.22. The number of nitrogens with one attached hydrogen (secondary N) is 6. The topological polar surface area (TPSA) is 252 Å². The molecule has 5 atom stereocenters. The molecule has 2 aromatic rings. The maximum absolute atomic E-state index is 14.1. The maximum atomic E-state index is 14.1. The molecule has 59 heavy (non-hydrogen) atoms. The number of halogens is 2. The Morgan fingerprint density at radius 3 is 1.98 bits per heavy atom. The fourth-order valence-corrected chi connectivity index (χ4v) is 8.23. The third-order valence-corrected chi connectivity index (χ3v) is 11.7. The lowest BCUT2D eigenvalue weighted by atomic mass is 9.84. The molecule has 3 rings (SSSR count). The molecule has 324 valence electrons. The fraction of sp³-hybridized carbons (Fsp3) is 0.564. The number of sulfonamides is 1. The molecular formula is C39H54Cl2N8O9S. The predicted octanol–water partition coefficient (Wildman–Crippen LogP) is 3.00. The van der Waals surface area contributed by atoms with Crippen molar-refractivity contribution in [1.29, 1.82) is 0 Å². The Bertz CT molecular complexity index is 1910. The molecule has 0 unspecified atom stereocenters. The van der Waals surface area contributed by atoms with E-state index in [2.05, 4.69) is 36.6 Å². The Balaban J connectivity index is 1.73. The van der Waals surface area contributed by atoms with E-state index in [0.717, 1.165) is 44.2 Å². The summed E-state index contributed by atoms with van der Waals surface area (Å²) in [6.07, 6.45) is 9.48. The van der Waals surface area contributed by atoms with Crippen LogP contribution in [0.25, 0.3) is 0 Å². The molecule has 1 aliphatic rings. The molecule has 6 N–H and O–H groups in total. The maximum Gasteiger partial charge on any atom is 0.290 e. The van der Waals surface area contributed by atoms with Crippen molar-refractivity contribution in [3.8, 4) is 0 Å². The molecule has 1 aromatic heterocycles. The van der Waals surface area contributed by atoms with Crippen molar-refractivity contribution in [1.82, 2.24) is 41.3 Å². The molecule has 1 aliphatic carbocycles. The minimum atomic E-state index is -4.43. The number of aromatic nitrogens is 2. The fourth-order valence-electron chi connectivity index (χ4n) is 6.52. The molecular weight excluding hydrogens is 827 g/mol. The van der Waals surface area contributed by atoms with Gasteiger partial charge in [0.1, 0.15) is 23.8 Å². The quantitative estimate of drug-likeness (QED) is 0.0995. The summed E-state index contributed by atoms with van der Waals surface area (Å²) >= 11 is 11.7. The van der Waals surface area contributed by atoms with Gasteiger partial charge in [0.25, 0.3) is 27.7 Å². The van der Waals surface area contributed by atoms with Crippen LogP contribution in [0.5, 0.6) is 0 Å². The van der Waals surface area contributed by atoms with Gasteiger partial charge in [0.2, 0.25) is 23.5 Å². The van der Waals surface area contributed by atoms with Crippen molar-refractivity contribution in [3.63, 3.8) is 0 Å². The van der Waals surface area contributed by atoms with Crippen LogP contribution in [-0.2, 0) is 38.8 Å². The lowest BCUT2D eigenvalue weighted by Gasteiger charge is -2.31. The second-order valence-electron chi connectivity index (χ2n) is 15.1. The van der Waals surface area contributed by atoms with E-state index in [4.69, 9.17) is 23.2 Å². The third-order valence-electron chi connectivity index (χ3n) is 9.91. The van der Waals surface area contributed by atoms with Gasteiger partial charge in [-0.05, 0) is 55.2 Å². The summed E-state index contributed by atoms with van der Waals surface area (Å²) in [4.78, 5) is 101. The summed E-state index contributed by atoms with van der Waals surface area (Å²) < 4.78 is 27.0. The highest BCUT2D eigenvalue weighted by molar-refractivity contribution is 7.90. The minimum Gasteiger partial charge on any atom is -0.344 e. The number of nitrogens with zero attached hydrogens (tertiary/aromatic N) is 2. The molecule has 0 aliphatic heterocycles. The lowest BCUT2D eigenvalue weighted by molar-refractivity contribution is -0.141. The Hall–Kier alpha value is -4.68. The van der Waals surface area contributed by atoms with E-state index in [9.17, 15) is 42.0 Å². The first-order valence-corrected chi connectivity index (χ1v) is 21.9. The number of benzene rings is 1. The second kappa shape index (κ2) is 23.2. The molecule has 0 spiro atoms. The number of amides is 6. The predicted molar refractivity (Wildman–Crippen MR) is 219 cm³/mol. The van der Waals surface area contributed by atoms with Crippen molar-refractivity contribution in [2.45, 2.75) is 121 Å². The van der Waals surface area contributed by atoms with Gasteiger partial charge >= 0.3 is 0 Å². The monoisotopic (exact) mass is 880 g/mol. The molecule has 0 bridgehead atoms. The van der Waals surface area contributed by atoms with E-state index >= 15 is 0 Å².